The van der Waals surface area contributed by atoms with Crippen molar-refractivity contribution < 1.29 is 9.59 Å². The number of anilines is 1. The van der Waals surface area contributed by atoms with Gasteiger partial charge in [-0.25, -0.2) is 4.98 Å². The fraction of sp³-hybridized carbons (Fsp3) is 0.458. The fourth-order valence-electron chi connectivity index (χ4n) is 4.88. The summed E-state index contributed by atoms with van der Waals surface area (Å²) in [6.45, 7) is 3.82. The Bertz CT molecular complexity index is 1210. The monoisotopic (exact) mass is 481 g/mol. The van der Waals surface area contributed by atoms with Crippen molar-refractivity contribution in [3.8, 4) is 11.1 Å². The molecule has 9 nitrogen and oxygen atoms in total. The Kier molecular flexibility index (Phi) is 5.89. The first kappa shape index (κ1) is 22.6. The fourth-order valence-corrected chi connectivity index (χ4v) is 5.13. The first-order chi connectivity index (χ1) is 16.3. The van der Waals surface area contributed by atoms with Gasteiger partial charge in [0.1, 0.15) is 22.7 Å². The predicted molar refractivity (Wildman–Crippen MR) is 128 cm³/mol. The summed E-state index contributed by atoms with van der Waals surface area (Å²) in [5, 5.41) is 17.4. The molecule has 3 aromatic heterocycles. The number of amides is 2. The van der Waals surface area contributed by atoms with Crippen molar-refractivity contribution in [2.45, 2.75) is 45.6 Å². The summed E-state index contributed by atoms with van der Waals surface area (Å²) in [6, 6.07) is 4.56. The number of aryl methyl sites for hydroxylation is 3. The summed E-state index contributed by atoms with van der Waals surface area (Å²) >= 11 is 6.50. The van der Waals surface area contributed by atoms with E-state index in [0.29, 0.717) is 23.3 Å². The van der Waals surface area contributed by atoms with Crippen LogP contribution in [0.5, 0.6) is 0 Å². The van der Waals surface area contributed by atoms with Crippen molar-refractivity contribution in [3.63, 3.8) is 0 Å². The van der Waals surface area contributed by atoms with Gasteiger partial charge in [0.25, 0.3) is 5.91 Å². The van der Waals surface area contributed by atoms with Crippen LogP contribution in [0.1, 0.15) is 47.6 Å². The summed E-state index contributed by atoms with van der Waals surface area (Å²) in [6.07, 6.45) is 5.94. The van der Waals surface area contributed by atoms with Crippen molar-refractivity contribution >= 4 is 29.2 Å². The van der Waals surface area contributed by atoms with Gasteiger partial charge in [0.2, 0.25) is 5.91 Å². The molecule has 3 aromatic rings. The molecule has 0 spiro atoms. The standard InChI is InChI=1S/C24H28ClN7O2/c1-12-19(13(2)31-30-12)16-8-9-18(27-22(16)25)28-24(34)21(20(14-4-5-14)15-6-7-15)29-23(33)17-10-11-26-32(17)3/h8-11,14-15,20-21H,4-7H2,1-3H3,(H,29,33)(H,30,31)(H,27,28,34)/t21-/m0/s1. The van der Waals surface area contributed by atoms with Gasteiger partial charge in [-0.15, -0.1) is 0 Å². The molecule has 178 valence electrons. The highest BCUT2D eigenvalue weighted by Crippen LogP contribution is 2.51. The van der Waals surface area contributed by atoms with E-state index in [2.05, 4.69) is 30.9 Å². The number of carbonyl (C=O) groups excluding carboxylic acids is 2. The highest BCUT2D eigenvalue weighted by Gasteiger charge is 2.48. The number of hydrogen-bond donors (Lipinski definition) is 3. The van der Waals surface area contributed by atoms with Gasteiger partial charge in [-0.3, -0.25) is 19.4 Å². The summed E-state index contributed by atoms with van der Waals surface area (Å²) in [5.74, 6) is 0.804. The first-order valence-electron chi connectivity index (χ1n) is 11.6. The van der Waals surface area contributed by atoms with Crippen LogP contribution in [0.4, 0.5) is 5.82 Å². The highest BCUT2D eigenvalue weighted by atomic mass is 35.5. The second-order valence-electron chi connectivity index (χ2n) is 9.38. The molecular weight excluding hydrogens is 454 g/mol. The Morgan fingerprint density at radius 1 is 1.15 bits per heavy atom. The van der Waals surface area contributed by atoms with E-state index < -0.39 is 6.04 Å². The number of aromatic nitrogens is 5. The van der Waals surface area contributed by atoms with Gasteiger partial charge in [0.15, 0.2) is 0 Å². The normalized spacial score (nSPS) is 16.5. The third kappa shape index (κ3) is 4.44. The van der Waals surface area contributed by atoms with E-state index in [4.69, 9.17) is 11.6 Å². The van der Waals surface area contributed by atoms with E-state index in [1.54, 1.807) is 25.4 Å². The van der Waals surface area contributed by atoms with Crippen molar-refractivity contribution in [3.05, 3.63) is 46.6 Å². The minimum Gasteiger partial charge on any atom is -0.339 e. The van der Waals surface area contributed by atoms with Gasteiger partial charge in [-0.05, 0) is 75.5 Å². The van der Waals surface area contributed by atoms with Crippen LogP contribution in [0.3, 0.4) is 0 Å². The van der Waals surface area contributed by atoms with E-state index in [9.17, 15) is 9.59 Å². The van der Waals surface area contributed by atoms with Crippen LogP contribution < -0.4 is 10.6 Å². The van der Waals surface area contributed by atoms with Crippen LogP contribution in [-0.4, -0.2) is 42.8 Å². The third-order valence-corrected chi connectivity index (χ3v) is 7.13. The SMILES string of the molecule is Cc1n[nH]c(C)c1-c1ccc(NC(=O)[C@@H](NC(=O)c2ccnn2C)C(C2CC2)C2CC2)nc1Cl. The van der Waals surface area contributed by atoms with Crippen molar-refractivity contribution in [2.24, 2.45) is 24.8 Å². The molecule has 0 radical (unpaired) electrons. The molecule has 0 aromatic carbocycles. The van der Waals surface area contributed by atoms with Crippen LogP contribution in [0.2, 0.25) is 5.15 Å². The number of H-pyrrole nitrogens is 1. The molecule has 0 bridgehead atoms. The van der Waals surface area contributed by atoms with Crippen LogP contribution in [0, 0.1) is 31.6 Å². The van der Waals surface area contributed by atoms with Gasteiger partial charge in [0.05, 0.1) is 5.69 Å². The van der Waals surface area contributed by atoms with Crippen LogP contribution in [0.15, 0.2) is 24.4 Å². The number of carbonyl (C=O) groups is 2. The van der Waals surface area contributed by atoms with E-state index >= 15 is 0 Å². The minimum atomic E-state index is -0.652. The van der Waals surface area contributed by atoms with E-state index in [0.717, 1.165) is 48.2 Å². The molecule has 0 unspecified atom stereocenters. The lowest BCUT2D eigenvalue weighted by molar-refractivity contribution is -0.119. The summed E-state index contributed by atoms with van der Waals surface area (Å²) < 4.78 is 1.51. The van der Waals surface area contributed by atoms with Crippen LogP contribution >= 0.6 is 11.6 Å². The largest absolute Gasteiger partial charge is 0.339 e. The van der Waals surface area contributed by atoms with Gasteiger partial charge >= 0.3 is 0 Å². The Hall–Kier alpha value is -3.20. The van der Waals surface area contributed by atoms with E-state index in [-0.39, 0.29) is 22.9 Å². The maximum absolute atomic E-state index is 13.5. The molecule has 2 saturated carbocycles. The number of pyridine rings is 1. The van der Waals surface area contributed by atoms with Crippen LogP contribution in [0.25, 0.3) is 11.1 Å². The van der Waals surface area contributed by atoms with E-state index in [1.165, 1.54) is 4.68 Å². The molecular formula is C24H28ClN7O2. The van der Waals surface area contributed by atoms with Gasteiger partial charge in [0, 0.05) is 30.1 Å². The molecule has 1 atom stereocenters. The Balaban J connectivity index is 1.38. The Labute approximate surface area is 202 Å². The molecule has 10 heteroatoms. The summed E-state index contributed by atoms with van der Waals surface area (Å²) in [5.41, 5.74) is 3.79. The zero-order valence-corrected chi connectivity index (χ0v) is 20.2. The highest BCUT2D eigenvalue weighted by molar-refractivity contribution is 6.32. The van der Waals surface area contributed by atoms with Crippen molar-refractivity contribution in [1.82, 2.24) is 30.3 Å². The number of nitrogens with zero attached hydrogens (tertiary/aromatic N) is 4. The lowest BCUT2D eigenvalue weighted by Gasteiger charge is -2.27. The van der Waals surface area contributed by atoms with Crippen LogP contribution in [-0.2, 0) is 11.8 Å². The molecule has 5 rings (SSSR count). The number of aromatic amines is 1. The van der Waals surface area contributed by atoms with Crippen molar-refractivity contribution in [2.75, 3.05) is 5.32 Å². The molecule has 34 heavy (non-hydrogen) atoms. The third-order valence-electron chi connectivity index (χ3n) is 6.84. The van der Waals surface area contributed by atoms with Gasteiger partial charge in [-0.1, -0.05) is 11.6 Å². The summed E-state index contributed by atoms with van der Waals surface area (Å²) in [4.78, 5) is 30.9. The van der Waals surface area contributed by atoms with Crippen molar-refractivity contribution in [1.29, 1.82) is 0 Å². The molecule has 2 aliphatic carbocycles. The molecule has 2 fully saturated rings. The average Bonchev–Trinajstić information content (AvgIpc) is 3.73. The second-order valence-corrected chi connectivity index (χ2v) is 9.73. The predicted octanol–water partition coefficient (Wildman–Crippen LogP) is 3.65. The van der Waals surface area contributed by atoms with E-state index in [1.807, 2.05) is 19.9 Å². The zero-order chi connectivity index (χ0) is 24.0. The molecule has 0 aliphatic heterocycles. The number of halogens is 1. The lowest BCUT2D eigenvalue weighted by Crippen LogP contribution is -2.50. The average molecular weight is 482 g/mol. The Morgan fingerprint density at radius 2 is 1.85 bits per heavy atom. The number of nitrogens with one attached hydrogen (secondary N) is 3. The number of rotatable bonds is 8. The first-order valence-corrected chi connectivity index (χ1v) is 12.0. The molecule has 2 aliphatic rings. The van der Waals surface area contributed by atoms with Gasteiger partial charge in [-0.2, -0.15) is 10.2 Å². The maximum atomic E-state index is 13.5. The zero-order valence-electron chi connectivity index (χ0n) is 19.4. The smallest absolute Gasteiger partial charge is 0.270 e. The summed E-state index contributed by atoms with van der Waals surface area (Å²) in [7, 11) is 1.71. The minimum absolute atomic E-state index is 0.114. The second kappa shape index (κ2) is 8.87. The molecule has 2 amide bonds. The number of hydrogen-bond acceptors (Lipinski definition) is 5. The topological polar surface area (TPSA) is 118 Å². The molecule has 3 heterocycles. The Morgan fingerprint density at radius 3 is 2.38 bits per heavy atom. The maximum Gasteiger partial charge on any atom is 0.270 e. The van der Waals surface area contributed by atoms with Gasteiger partial charge < -0.3 is 10.6 Å². The quantitative estimate of drug-likeness (QED) is 0.424. The lowest BCUT2D eigenvalue weighted by atomic mass is 9.88. The molecule has 0 saturated heterocycles. The molecule has 3 N–H and O–H groups in total.